The number of rotatable bonds is 5. The van der Waals surface area contributed by atoms with Gasteiger partial charge in [0.15, 0.2) is 5.69 Å². The van der Waals surface area contributed by atoms with E-state index >= 15 is 0 Å². The number of likely N-dealkylation sites (tertiary alicyclic amines) is 1. The summed E-state index contributed by atoms with van der Waals surface area (Å²) in [4.78, 5) is 14.2. The maximum atomic E-state index is 13.5. The Kier molecular flexibility index (Phi) is 5.64. The molecular weight excluding hydrogens is 397 g/mol. The number of carbonyl (C=O) groups excluding carboxylic acids is 1. The smallest absolute Gasteiger partial charge is 0.276 e. The Hall–Kier alpha value is -2.33. The van der Waals surface area contributed by atoms with Crippen LogP contribution in [0.5, 0.6) is 0 Å². The first-order chi connectivity index (χ1) is 13.9. The fourth-order valence-electron chi connectivity index (χ4n) is 4.00. The van der Waals surface area contributed by atoms with Crippen molar-refractivity contribution in [3.8, 4) is 0 Å². The molecule has 2 aromatic rings. The first kappa shape index (κ1) is 20.0. The van der Waals surface area contributed by atoms with Gasteiger partial charge in [-0.2, -0.15) is 4.31 Å². The number of nitrogens with zero attached hydrogens (tertiary/aromatic N) is 5. The Bertz CT molecular complexity index is 987. The summed E-state index contributed by atoms with van der Waals surface area (Å²) in [5, 5.41) is 8.06. The zero-order valence-corrected chi connectivity index (χ0v) is 16.9. The minimum Gasteiger partial charge on any atom is -0.337 e. The van der Waals surface area contributed by atoms with Crippen molar-refractivity contribution in [2.45, 2.75) is 37.1 Å². The lowest BCUT2D eigenvalue weighted by Gasteiger charge is -2.31. The minimum absolute atomic E-state index is 0.0302. The number of aromatic nitrogens is 3. The molecule has 0 radical (unpaired) electrons. The third-order valence-corrected chi connectivity index (χ3v) is 7.37. The highest BCUT2D eigenvalue weighted by molar-refractivity contribution is 7.89. The van der Waals surface area contributed by atoms with Crippen molar-refractivity contribution in [2.75, 3.05) is 26.2 Å². The third-order valence-electron chi connectivity index (χ3n) is 5.51. The van der Waals surface area contributed by atoms with E-state index in [1.165, 1.54) is 22.5 Å². The number of piperidine rings is 1. The van der Waals surface area contributed by atoms with Crippen LogP contribution in [0.1, 0.15) is 36.2 Å². The molecular formula is C19H24FN5O3S. The van der Waals surface area contributed by atoms with Gasteiger partial charge in [-0.05, 0) is 49.8 Å². The molecule has 2 aliphatic rings. The van der Waals surface area contributed by atoms with Gasteiger partial charge in [0, 0.05) is 32.7 Å². The van der Waals surface area contributed by atoms with Crippen LogP contribution >= 0.6 is 0 Å². The second-order valence-corrected chi connectivity index (χ2v) is 9.59. The first-order valence-corrected chi connectivity index (χ1v) is 11.3. The highest BCUT2D eigenvalue weighted by Gasteiger charge is 2.31. The van der Waals surface area contributed by atoms with Crippen LogP contribution in [0.25, 0.3) is 0 Å². The van der Waals surface area contributed by atoms with Gasteiger partial charge in [0.25, 0.3) is 5.91 Å². The molecule has 8 nitrogen and oxygen atoms in total. The SMILES string of the molecule is O=C(c1cn(C[C@H]2CCCN(S(=O)(=O)c3cccc(F)c3)C2)nn1)N1CCCC1. The summed E-state index contributed by atoms with van der Waals surface area (Å²) in [6, 6.07) is 5.09. The Morgan fingerprint density at radius 3 is 2.72 bits per heavy atom. The Morgan fingerprint density at radius 1 is 1.17 bits per heavy atom. The zero-order chi connectivity index (χ0) is 20.4. The van der Waals surface area contributed by atoms with E-state index in [9.17, 15) is 17.6 Å². The molecule has 0 saturated carbocycles. The molecule has 2 aliphatic heterocycles. The summed E-state index contributed by atoms with van der Waals surface area (Å²) in [6.45, 7) is 2.72. The Balaban J connectivity index is 1.42. The van der Waals surface area contributed by atoms with E-state index in [-0.39, 0.29) is 16.7 Å². The number of benzene rings is 1. The van der Waals surface area contributed by atoms with Gasteiger partial charge in [-0.1, -0.05) is 11.3 Å². The molecule has 29 heavy (non-hydrogen) atoms. The van der Waals surface area contributed by atoms with Gasteiger partial charge >= 0.3 is 0 Å². The molecule has 0 unspecified atom stereocenters. The van der Waals surface area contributed by atoms with Crippen LogP contribution in [-0.2, 0) is 16.6 Å². The monoisotopic (exact) mass is 421 g/mol. The van der Waals surface area contributed by atoms with Gasteiger partial charge in [-0.15, -0.1) is 5.10 Å². The Morgan fingerprint density at radius 2 is 1.97 bits per heavy atom. The van der Waals surface area contributed by atoms with E-state index in [0.29, 0.717) is 31.7 Å². The summed E-state index contributed by atoms with van der Waals surface area (Å²) in [5.74, 6) is -0.631. The maximum absolute atomic E-state index is 13.5. The van der Waals surface area contributed by atoms with Crippen molar-refractivity contribution in [1.29, 1.82) is 0 Å². The van der Waals surface area contributed by atoms with Crippen molar-refractivity contribution in [2.24, 2.45) is 5.92 Å². The molecule has 10 heteroatoms. The fourth-order valence-corrected chi connectivity index (χ4v) is 5.59. The average molecular weight is 421 g/mol. The van der Waals surface area contributed by atoms with Gasteiger partial charge in [0.1, 0.15) is 5.82 Å². The summed E-state index contributed by atoms with van der Waals surface area (Å²) in [5.41, 5.74) is 0.326. The molecule has 0 N–H and O–H groups in total. The van der Waals surface area contributed by atoms with E-state index in [0.717, 1.165) is 38.4 Å². The quantitative estimate of drug-likeness (QED) is 0.734. The van der Waals surface area contributed by atoms with Crippen LogP contribution in [0.4, 0.5) is 4.39 Å². The molecule has 0 bridgehead atoms. The van der Waals surface area contributed by atoms with Crippen LogP contribution in [0, 0.1) is 11.7 Å². The van der Waals surface area contributed by atoms with Gasteiger partial charge in [-0.25, -0.2) is 12.8 Å². The molecule has 1 aromatic heterocycles. The molecule has 2 fully saturated rings. The van der Waals surface area contributed by atoms with Crippen molar-refractivity contribution >= 4 is 15.9 Å². The van der Waals surface area contributed by atoms with Gasteiger partial charge < -0.3 is 4.90 Å². The van der Waals surface area contributed by atoms with Gasteiger partial charge in [0.2, 0.25) is 10.0 Å². The zero-order valence-electron chi connectivity index (χ0n) is 16.1. The molecule has 1 amide bonds. The van der Waals surface area contributed by atoms with Gasteiger partial charge in [0.05, 0.1) is 11.1 Å². The van der Waals surface area contributed by atoms with Crippen molar-refractivity contribution < 1.29 is 17.6 Å². The molecule has 1 atom stereocenters. The lowest BCUT2D eigenvalue weighted by Crippen LogP contribution is -2.41. The minimum atomic E-state index is -3.74. The van der Waals surface area contributed by atoms with E-state index in [2.05, 4.69) is 10.3 Å². The molecule has 156 valence electrons. The summed E-state index contributed by atoms with van der Waals surface area (Å²) in [6.07, 6.45) is 5.23. The molecule has 4 rings (SSSR count). The Labute approximate surface area is 169 Å². The predicted molar refractivity (Wildman–Crippen MR) is 103 cm³/mol. The van der Waals surface area contributed by atoms with E-state index in [4.69, 9.17) is 0 Å². The van der Waals surface area contributed by atoms with E-state index in [1.807, 2.05) is 0 Å². The van der Waals surface area contributed by atoms with Crippen LogP contribution in [0.15, 0.2) is 35.4 Å². The molecule has 2 saturated heterocycles. The first-order valence-electron chi connectivity index (χ1n) is 9.88. The number of sulfonamides is 1. The molecule has 0 aliphatic carbocycles. The van der Waals surface area contributed by atoms with E-state index < -0.39 is 15.8 Å². The summed E-state index contributed by atoms with van der Waals surface area (Å²) >= 11 is 0. The topological polar surface area (TPSA) is 88.4 Å². The van der Waals surface area contributed by atoms with Crippen molar-refractivity contribution in [3.05, 3.63) is 42.0 Å². The highest BCUT2D eigenvalue weighted by Crippen LogP contribution is 2.25. The second kappa shape index (κ2) is 8.19. The van der Waals surface area contributed by atoms with Crippen molar-refractivity contribution in [1.82, 2.24) is 24.2 Å². The molecule has 0 spiro atoms. The largest absolute Gasteiger partial charge is 0.337 e. The van der Waals surface area contributed by atoms with Gasteiger partial charge in [-0.3, -0.25) is 9.48 Å². The number of halogens is 1. The van der Waals surface area contributed by atoms with Crippen LogP contribution in [0.2, 0.25) is 0 Å². The van der Waals surface area contributed by atoms with Crippen molar-refractivity contribution in [3.63, 3.8) is 0 Å². The molecule has 1 aromatic carbocycles. The second-order valence-electron chi connectivity index (χ2n) is 7.65. The van der Waals surface area contributed by atoms with Crippen LogP contribution in [0.3, 0.4) is 0 Å². The summed E-state index contributed by atoms with van der Waals surface area (Å²) < 4.78 is 42.2. The predicted octanol–water partition coefficient (Wildman–Crippen LogP) is 1.75. The normalized spacial score (nSPS) is 20.9. The number of amides is 1. The summed E-state index contributed by atoms with van der Waals surface area (Å²) in [7, 11) is -3.74. The molecule has 3 heterocycles. The maximum Gasteiger partial charge on any atom is 0.276 e. The van der Waals surface area contributed by atoms with Crippen LogP contribution in [-0.4, -0.2) is 64.7 Å². The number of hydrogen-bond acceptors (Lipinski definition) is 5. The van der Waals surface area contributed by atoms with Crippen LogP contribution < -0.4 is 0 Å². The highest BCUT2D eigenvalue weighted by atomic mass is 32.2. The lowest BCUT2D eigenvalue weighted by atomic mass is 10.00. The number of hydrogen-bond donors (Lipinski definition) is 0. The van der Waals surface area contributed by atoms with E-state index in [1.54, 1.807) is 15.8 Å². The lowest BCUT2D eigenvalue weighted by molar-refractivity contribution is 0.0787. The third kappa shape index (κ3) is 4.32. The number of carbonyl (C=O) groups is 1. The standard InChI is InChI=1S/C19H24FN5O3S/c20-16-6-3-7-17(11-16)29(27,28)25-10-4-5-15(13-25)12-24-14-18(21-22-24)19(26)23-8-1-2-9-23/h3,6-7,11,14-15H,1-2,4-5,8-10,12-13H2/t15-/m1/s1. The fraction of sp³-hybridized carbons (Fsp3) is 0.526. The average Bonchev–Trinajstić information content (AvgIpc) is 3.40.